The Balaban J connectivity index is 5.26. The second kappa shape index (κ2) is 15.0. The summed E-state index contributed by atoms with van der Waals surface area (Å²) in [6.45, 7) is 10.9. The molecule has 0 N–H and O–H groups in total. The van der Waals surface area contributed by atoms with Gasteiger partial charge in [0.15, 0.2) is 0 Å². The molecule has 0 heterocycles. The Morgan fingerprint density at radius 3 is 1.72 bits per heavy atom. The van der Waals surface area contributed by atoms with E-state index in [1.54, 1.807) is 0 Å². The highest BCUT2D eigenvalue weighted by Gasteiger charge is 2.25. The van der Waals surface area contributed by atoms with E-state index >= 15 is 0 Å². The normalized spacial score (nSPS) is 12.1. The van der Waals surface area contributed by atoms with Gasteiger partial charge in [-0.1, -0.05) is 66.7 Å². The molecule has 0 aliphatic heterocycles. The van der Waals surface area contributed by atoms with Crippen molar-refractivity contribution in [2.45, 2.75) is 92.4 Å². The summed E-state index contributed by atoms with van der Waals surface area (Å²) in [5, 5.41) is 0. The third-order valence-corrected chi connectivity index (χ3v) is 4.11. The fraction of sp³-hybridized carbons (Fsp3) is 0.810. The second-order valence-electron chi connectivity index (χ2n) is 6.84. The van der Waals surface area contributed by atoms with Crippen LogP contribution in [0, 0.1) is 5.92 Å². The molecule has 0 aromatic heterocycles. The van der Waals surface area contributed by atoms with E-state index in [-0.39, 0.29) is 17.9 Å². The third-order valence-electron chi connectivity index (χ3n) is 4.11. The van der Waals surface area contributed by atoms with Crippen LogP contribution >= 0.6 is 0 Å². The van der Waals surface area contributed by atoms with Crippen LogP contribution in [0.3, 0.4) is 0 Å². The van der Waals surface area contributed by atoms with Gasteiger partial charge < -0.3 is 9.47 Å². The maximum absolute atomic E-state index is 12.6. The van der Waals surface area contributed by atoms with Crippen LogP contribution in [0.15, 0.2) is 11.1 Å². The number of carbonyl (C=O) groups is 2. The van der Waals surface area contributed by atoms with Gasteiger partial charge in [0, 0.05) is 5.57 Å². The van der Waals surface area contributed by atoms with E-state index in [1.807, 2.05) is 13.8 Å². The van der Waals surface area contributed by atoms with Crippen molar-refractivity contribution in [3.8, 4) is 0 Å². The van der Waals surface area contributed by atoms with Crippen LogP contribution in [0.5, 0.6) is 0 Å². The molecule has 0 bridgehead atoms. The molecule has 0 saturated heterocycles. The quantitative estimate of drug-likeness (QED) is 0.231. The summed E-state index contributed by atoms with van der Waals surface area (Å²) in [7, 11) is 0. The Hall–Kier alpha value is -1.32. The van der Waals surface area contributed by atoms with Crippen molar-refractivity contribution in [3.63, 3.8) is 0 Å². The zero-order chi connectivity index (χ0) is 19.1. The first-order valence-electron chi connectivity index (χ1n) is 10.1. The van der Waals surface area contributed by atoms with Crippen LogP contribution in [0.1, 0.15) is 92.4 Å². The minimum atomic E-state index is -0.360. The highest BCUT2D eigenvalue weighted by Crippen LogP contribution is 2.23. The molecule has 0 aromatic rings. The molecule has 0 atom stereocenters. The molecular weight excluding hydrogens is 316 g/mol. The lowest BCUT2D eigenvalue weighted by Crippen LogP contribution is -2.21. The number of ether oxygens (including phenoxy) is 2. The van der Waals surface area contributed by atoms with E-state index in [0.717, 1.165) is 51.4 Å². The van der Waals surface area contributed by atoms with Gasteiger partial charge in [0.25, 0.3) is 0 Å². The second-order valence-corrected chi connectivity index (χ2v) is 6.84. The summed E-state index contributed by atoms with van der Waals surface area (Å²) in [6, 6.07) is 0. The maximum Gasteiger partial charge on any atom is 0.334 e. The first-order valence-corrected chi connectivity index (χ1v) is 10.1. The molecule has 0 aliphatic rings. The van der Waals surface area contributed by atoms with Crippen molar-refractivity contribution in [2.75, 3.05) is 13.2 Å². The number of unbranched alkanes of at least 4 members (excludes halogenated alkanes) is 5. The molecule has 25 heavy (non-hydrogen) atoms. The Bertz CT molecular complexity index is 410. The van der Waals surface area contributed by atoms with Gasteiger partial charge in [-0.25, -0.2) is 9.59 Å². The summed E-state index contributed by atoms with van der Waals surface area (Å²) in [4.78, 5) is 25.1. The first-order chi connectivity index (χ1) is 12.0. The fourth-order valence-corrected chi connectivity index (χ4v) is 2.57. The summed E-state index contributed by atoms with van der Waals surface area (Å²) in [5.74, 6) is -0.767. The third kappa shape index (κ3) is 10.3. The van der Waals surface area contributed by atoms with E-state index in [0.29, 0.717) is 30.8 Å². The molecule has 4 heteroatoms. The highest BCUT2D eigenvalue weighted by molar-refractivity contribution is 6.00. The molecule has 0 radical (unpaired) electrons. The van der Waals surface area contributed by atoms with Gasteiger partial charge in [-0.3, -0.25) is 0 Å². The van der Waals surface area contributed by atoms with Gasteiger partial charge in [0.2, 0.25) is 0 Å². The van der Waals surface area contributed by atoms with Crippen LogP contribution in [0.2, 0.25) is 0 Å². The first kappa shape index (κ1) is 23.7. The van der Waals surface area contributed by atoms with E-state index in [9.17, 15) is 9.59 Å². The van der Waals surface area contributed by atoms with E-state index < -0.39 is 0 Å². The van der Waals surface area contributed by atoms with E-state index in [4.69, 9.17) is 9.47 Å². The summed E-state index contributed by atoms with van der Waals surface area (Å²) >= 11 is 0. The molecule has 146 valence electrons. The predicted molar refractivity (Wildman–Crippen MR) is 102 cm³/mol. The summed E-state index contributed by atoms with van der Waals surface area (Å²) in [6.07, 6.45) is 8.42. The maximum atomic E-state index is 12.6. The molecule has 4 nitrogen and oxygen atoms in total. The van der Waals surface area contributed by atoms with E-state index in [2.05, 4.69) is 20.8 Å². The lowest BCUT2D eigenvalue weighted by atomic mass is 9.93. The zero-order valence-corrected chi connectivity index (χ0v) is 17.0. The van der Waals surface area contributed by atoms with Gasteiger partial charge in [0.1, 0.15) is 0 Å². The lowest BCUT2D eigenvalue weighted by molar-refractivity contribution is -0.143. The van der Waals surface area contributed by atoms with Crippen LogP contribution in [0.25, 0.3) is 0 Å². The molecular formula is C21H38O4. The molecule has 0 aromatic carbocycles. The average molecular weight is 355 g/mol. The van der Waals surface area contributed by atoms with Crippen LogP contribution in [0.4, 0.5) is 0 Å². The largest absolute Gasteiger partial charge is 0.462 e. The van der Waals surface area contributed by atoms with E-state index in [1.165, 1.54) is 0 Å². The monoisotopic (exact) mass is 354 g/mol. The minimum Gasteiger partial charge on any atom is -0.462 e. The molecule has 0 aliphatic carbocycles. The van der Waals surface area contributed by atoms with Crippen molar-refractivity contribution in [1.29, 1.82) is 0 Å². The number of rotatable bonds is 14. The highest BCUT2D eigenvalue weighted by atomic mass is 16.5. The van der Waals surface area contributed by atoms with Crippen molar-refractivity contribution in [2.24, 2.45) is 5.92 Å². The predicted octanol–water partition coefficient (Wildman–Crippen LogP) is 5.60. The van der Waals surface area contributed by atoms with Crippen molar-refractivity contribution >= 4 is 11.9 Å². The molecule has 0 spiro atoms. The van der Waals surface area contributed by atoms with Gasteiger partial charge in [-0.15, -0.1) is 0 Å². The molecule has 0 unspecified atom stereocenters. The Morgan fingerprint density at radius 2 is 1.24 bits per heavy atom. The SMILES string of the molecule is CCCCCC/C(C(=O)OCCCC)=C(/C(=O)OCCCC)C(C)C. The lowest BCUT2D eigenvalue weighted by Gasteiger charge is -2.17. The molecule has 0 fully saturated rings. The van der Waals surface area contributed by atoms with Gasteiger partial charge in [-0.2, -0.15) is 0 Å². The molecule has 0 amide bonds. The summed E-state index contributed by atoms with van der Waals surface area (Å²) < 4.78 is 10.8. The number of hydrogen-bond acceptors (Lipinski definition) is 4. The average Bonchev–Trinajstić information content (AvgIpc) is 2.57. The van der Waals surface area contributed by atoms with Crippen LogP contribution in [-0.4, -0.2) is 25.2 Å². The topological polar surface area (TPSA) is 52.6 Å². The Labute approximate surface area is 154 Å². The fourth-order valence-electron chi connectivity index (χ4n) is 2.57. The van der Waals surface area contributed by atoms with Gasteiger partial charge in [-0.05, 0) is 31.6 Å². The van der Waals surface area contributed by atoms with Crippen molar-refractivity contribution in [1.82, 2.24) is 0 Å². The zero-order valence-electron chi connectivity index (χ0n) is 17.0. The number of carbonyl (C=O) groups excluding carboxylic acids is 2. The van der Waals surface area contributed by atoms with Crippen molar-refractivity contribution in [3.05, 3.63) is 11.1 Å². The molecule has 0 rings (SSSR count). The summed E-state index contributed by atoms with van der Waals surface area (Å²) in [5.41, 5.74) is 1.01. The number of hydrogen-bond donors (Lipinski definition) is 0. The smallest absolute Gasteiger partial charge is 0.334 e. The Morgan fingerprint density at radius 1 is 0.720 bits per heavy atom. The van der Waals surface area contributed by atoms with Gasteiger partial charge in [0.05, 0.1) is 18.8 Å². The Kier molecular flexibility index (Phi) is 14.2. The minimum absolute atomic E-state index is 0.0611. The van der Waals surface area contributed by atoms with Crippen LogP contribution < -0.4 is 0 Å². The van der Waals surface area contributed by atoms with Gasteiger partial charge >= 0.3 is 11.9 Å². The van der Waals surface area contributed by atoms with Crippen LogP contribution in [-0.2, 0) is 19.1 Å². The van der Waals surface area contributed by atoms with Crippen molar-refractivity contribution < 1.29 is 19.1 Å². The number of esters is 2. The molecule has 0 saturated carbocycles. The standard InChI is InChI=1S/C21H38O4/c1-6-9-12-13-14-18(20(22)24-15-10-7-2)19(17(4)5)21(23)25-16-11-8-3/h17H,6-16H2,1-5H3/b19-18-.